The van der Waals surface area contributed by atoms with Gasteiger partial charge >= 0.3 is 0 Å². The Bertz CT molecular complexity index is 563. The zero-order valence-electron chi connectivity index (χ0n) is 8.16. The highest BCUT2D eigenvalue weighted by Gasteiger charge is 2.07. The Balaban J connectivity index is 2.57. The number of benzene rings is 1. The Labute approximate surface area is 86.5 Å². The van der Waals surface area contributed by atoms with Gasteiger partial charge in [-0.25, -0.2) is 0 Å². The monoisotopic (exact) mass is 199 g/mol. The molecule has 15 heavy (non-hydrogen) atoms. The van der Waals surface area contributed by atoms with Crippen molar-refractivity contribution < 1.29 is 4.79 Å². The largest absolute Gasteiger partial charge is 0.354 e. The topological polar surface area (TPSA) is 68.7 Å². The van der Waals surface area contributed by atoms with Crippen LogP contribution in [0.1, 0.15) is 16.1 Å². The molecule has 0 aliphatic heterocycles. The second-order valence-electron chi connectivity index (χ2n) is 3.18. The molecule has 0 saturated heterocycles. The van der Waals surface area contributed by atoms with Crippen LogP contribution in [0.4, 0.5) is 0 Å². The molecule has 74 valence electrons. The summed E-state index contributed by atoms with van der Waals surface area (Å²) in [5, 5.41) is 12.2. The summed E-state index contributed by atoms with van der Waals surface area (Å²) in [5.41, 5.74) is 1.88. The molecule has 1 heterocycles. The average Bonchev–Trinajstić information content (AvgIpc) is 2.70. The first-order valence-corrected chi connectivity index (χ1v) is 4.49. The summed E-state index contributed by atoms with van der Waals surface area (Å²) < 4.78 is 0. The van der Waals surface area contributed by atoms with Gasteiger partial charge in [0.25, 0.3) is 5.91 Å². The van der Waals surface area contributed by atoms with Crippen LogP contribution >= 0.6 is 0 Å². The van der Waals surface area contributed by atoms with Crippen LogP contribution in [0.2, 0.25) is 0 Å². The van der Waals surface area contributed by atoms with E-state index in [1.54, 1.807) is 25.2 Å². The molecule has 0 aliphatic carbocycles. The third-order valence-electron chi connectivity index (χ3n) is 2.22. The van der Waals surface area contributed by atoms with E-state index >= 15 is 0 Å². The number of H-pyrrole nitrogens is 1. The van der Waals surface area contributed by atoms with Gasteiger partial charge in [-0.05, 0) is 18.2 Å². The zero-order valence-corrected chi connectivity index (χ0v) is 8.16. The fraction of sp³-hybridized carbons (Fsp3) is 0.0909. The number of nitrogens with zero attached hydrogens (tertiary/aromatic N) is 1. The van der Waals surface area contributed by atoms with Crippen molar-refractivity contribution in [3.05, 3.63) is 35.5 Å². The molecule has 0 aliphatic rings. The van der Waals surface area contributed by atoms with Crippen molar-refractivity contribution in [1.29, 1.82) is 5.26 Å². The third kappa shape index (κ3) is 1.55. The van der Waals surface area contributed by atoms with Crippen LogP contribution in [0.15, 0.2) is 24.3 Å². The maximum Gasteiger partial charge on any atom is 0.267 e. The molecule has 0 bridgehead atoms. The van der Waals surface area contributed by atoms with Crippen molar-refractivity contribution in [2.45, 2.75) is 0 Å². The van der Waals surface area contributed by atoms with E-state index in [4.69, 9.17) is 5.26 Å². The van der Waals surface area contributed by atoms with Crippen molar-refractivity contribution >= 4 is 16.8 Å². The number of hydrogen-bond donors (Lipinski definition) is 2. The van der Waals surface area contributed by atoms with Gasteiger partial charge in [0, 0.05) is 18.0 Å². The number of fused-ring (bicyclic) bond motifs is 1. The van der Waals surface area contributed by atoms with Crippen molar-refractivity contribution in [2.24, 2.45) is 0 Å². The van der Waals surface area contributed by atoms with Crippen LogP contribution in [0.25, 0.3) is 10.9 Å². The first-order chi connectivity index (χ1) is 7.24. The summed E-state index contributed by atoms with van der Waals surface area (Å²) in [5.74, 6) is -0.162. The van der Waals surface area contributed by atoms with E-state index in [1.165, 1.54) is 0 Å². The van der Waals surface area contributed by atoms with Crippen LogP contribution in [-0.2, 0) is 0 Å². The van der Waals surface area contributed by atoms with Crippen LogP contribution in [0, 0.1) is 11.3 Å². The maximum atomic E-state index is 11.3. The summed E-state index contributed by atoms with van der Waals surface area (Å²) in [4.78, 5) is 14.3. The fourth-order valence-electron chi connectivity index (χ4n) is 1.45. The number of aromatic nitrogens is 1. The Morgan fingerprint density at radius 3 is 2.93 bits per heavy atom. The second-order valence-corrected chi connectivity index (χ2v) is 3.18. The lowest BCUT2D eigenvalue weighted by Gasteiger charge is -1.92. The van der Waals surface area contributed by atoms with E-state index in [-0.39, 0.29) is 5.91 Å². The van der Waals surface area contributed by atoms with Crippen molar-refractivity contribution in [3.8, 4) is 6.07 Å². The van der Waals surface area contributed by atoms with Crippen LogP contribution in [0.5, 0.6) is 0 Å². The highest BCUT2D eigenvalue weighted by Crippen LogP contribution is 2.16. The summed E-state index contributed by atoms with van der Waals surface area (Å²) in [6.07, 6.45) is 0. The minimum Gasteiger partial charge on any atom is -0.354 e. The number of carbonyl (C=O) groups is 1. The van der Waals surface area contributed by atoms with E-state index in [0.717, 1.165) is 10.9 Å². The Morgan fingerprint density at radius 2 is 2.27 bits per heavy atom. The second kappa shape index (κ2) is 3.46. The van der Waals surface area contributed by atoms with Crippen LogP contribution < -0.4 is 5.32 Å². The molecule has 1 aromatic carbocycles. The Hall–Kier alpha value is -2.28. The first-order valence-electron chi connectivity index (χ1n) is 4.49. The molecule has 1 aromatic heterocycles. The Kier molecular flexibility index (Phi) is 2.14. The summed E-state index contributed by atoms with van der Waals surface area (Å²) >= 11 is 0. The molecule has 4 heteroatoms. The quantitative estimate of drug-likeness (QED) is 0.728. The van der Waals surface area contributed by atoms with Gasteiger partial charge in [0.05, 0.1) is 11.6 Å². The SMILES string of the molecule is CNC(=O)c1cc2ccc(C#N)cc2[nH]1. The molecular formula is C11H9N3O. The summed E-state index contributed by atoms with van der Waals surface area (Å²) in [7, 11) is 1.58. The van der Waals surface area contributed by atoms with Gasteiger partial charge < -0.3 is 10.3 Å². The van der Waals surface area contributed by atoms with E-state index in [0.29, 0.717) is 11.3 Å². The molecule has 0 radical (unpaired) electrons. The van der Waals surface area contributed by atoms with Gasteiger partial charge in [-0.15, -0.1) is 0 Å². The average molecular weight is 199 g/mol. The molecule has 0 unspecified atom stereocenters. The van der Waals surface area contributed by atoms with Crippen LogP contribution in [-0.4, -0.2) is 17.9 Å². The molecule has 4 nitrogen and oxygen atoms in total. The number of nitrogens with one attached hydrogen (secondary N) is 2. The molecule has 0 spiro atoms. The number of hydrogen-bond acceptors (Lipinski definition) is 2. The zero-order chi connectivity index (χ0) is 10.8. The van der Waals surface area contributed by atoms with Crippen LogP contribution in [0.3, 0.4) is 0 Å². The normalized spacial score (nSPS) is 9.87. The smallest absolute Gasteiger partial charge is 0.267 e. The molecule has 0 saturated carbocycles. The molecule has 0 fully saturated rings. The lowest BCUT2D eigenvalue weighted by atomic mass is 10.2. The van der Waals surface area contributed by atoms with Gasteiger partial charge in [-0.1, -0.05) is 6.07 Å². The number of nitriles is 1. The highest BCUT2D eigenvalue weighted by atomic mass is 16.1. The van der Waals surface area contributed by atoms with Crippen molar-refractivity contribution in [1.82, 2.24) is 10.3 Å². The van der Waals surface area contributed by atoms with Gasteiger partial charge in [0.1, 0.15) is 5.69 Å². The van der Waals surface area contributed by atoms with Crippen molar-refractivity contribution in [3.63, 3.8) is 0 Å². The van der Waals surface area contributed by atoms with Gasteiger partial charge in [0.2, 0.25) is 0 Å². The molecule has 2 aromatic rings. The van der Waals surface area contributed by atoms with Gasteiger partial charge in [0.15, 0.2) is 0 Å². The van der Waals surface area contributed by atoms with E-state index in [9.17, 15) is 4.79 Å². The number of rotatable bonds is 1. The first kappa shape index (κ1) is 9.28. The predicted octanol–water partition coefficient (Wildman–Crippen LogP) is 1.40. The predicted molar refractivity (Wildman–Crippen MR) is 56.4 cm³/mol. The standard InChI is InChI=1S/C11H9N3O/c1-13-11(15)10-5-8-3-2-7(6-12)4-9(8)14-10/h2-5,14H,1H3,(H,13,15). The number of amides is 1. The minimum absolute atomic E-state index is 0.162. The Morgan fingerprint density at radius 1 is 1.47 bits per heavy atom. The van der Waals surface area contributed by atoms with Crippen molar-refractivity contribution in [2.75, 3.05) is 7.05 Å². The fourth-order valence-corrected chi connectivity index (χ4v) is 1.45. The minimum atomic E-state index is -0.162. The number of carbonyl (C=O) groups excluding carboxylic acids is 1. The lowest BCUT2D eigenvalue weighted by Crippen LogP contribution is -2.17. The number of aromatic amines is 1. The van der Waals surface area contributed by atoms with Gasteiger partial charge in [-0.3, -0.25) is 4.79 Å². The molecule has 1 amide bonds. The van der Waals surface area contributed by atoms with E-state index in [2.05, 4.69) is 16.4 Å². The molecule has 2 rings (SSSR count). The summed E-state index contributed by atoms with van der Waals surface area (Å²) in [6, 6.07) is 9.08. The summed E-state index contributed by atoms with van der Waals surface area (Å²) in [6.45, 7) is 0. The van der Waals surface area contributed by atoms with Gasteiger partial charge in [-0.2, -0.15) is 5.26 Å². The highest BCUT2D eigenvalue weighted by molar-refractivity contribution is 5.98. The van der Waals surface area contributed by atoms with E-state index < -0.39 is 0 Å². The molecule has 0 atom stereocenters. The molecule has 2 N–H and O–H groups in total. The molecular weight excluding hydrogens is 190 g/mol. The third-order valence-corrected chi connectivity index (χ3v) is 2.22. The van der Waals surface area contributed by atoms with E-state index in [1.807, 2.05) is 6.07 Å². The maximum absolute atomic E-state index is 11.3. The lowest BCUT2D eigenvalue weighted by molar-refractivity contribution is 0.0959.